The molecule has 110 valence electrons. The Morgan fingerprint density at radius 2 is 2.35 bits per heavy atom. The highest BCUT2D eigenvalue weighted by atomic mass is 19.1. The van der Waals surface area contributed by atoms with Crippen LogP contribution < -0.4 is 4.74 Å². The molecule has 1 aromatic rings. The Morgan fingerprint density at radius 3 is 3.10 bits per heavy atom. The Labute approximate surface area is 118 Å². The lowest BCUT2D eigenvalue weighted by molar-refractivity contribution is -0.137. The molecule has 1 aromatic carbocycles. The molecule has 0 radical (unpaired) electrons. The van der Waals surface area contributed by atoms with Gasteiger partial charge in [-0.2, -0.15) is 0 Å². The van der Waals surface area contributed by atoms with Crippen molar-refractivity contribution in [2.45, 2.75) is 32.3 Å². The topological polar surface area (TPSA) is 49.8 Å². The number of carbonyl (C=O) groups is 1. The van der Waals surface area contributed by atoms with Crippen LogP contribution in [0.15, 0.2) is 18.2 Å². The Bertz CT molecular complexity index is 478. The van der Waals surface area contributed by atoms with Crippen LogP contribution in [0.1, 0.15) is 24.8 Å². The molecule has 1 aliphatic rings. The van der Waals surface area contributed by atoms with Gasteiger partial charge in [0.15, 0.2) is 0 Å². The number of rotatable bonds is 5. The average Bonchev–Trinajstić information content (AvgIpc) is 2.41. The van der Waals surface area contributed by atoms with Crippen molar-refractivity contribution < 1.29 is 19.0 Å². The zero-order chi connectivity index (χ0) is 14.5. The second kappa shape index (κ2) is 6.70. The van der Waals surface area contributed by atoms with Gasteiger partial charge in [-0.1, -0.05) is 6.07 Å². The van der Waals surface area contributed by atoms with Gasteiger partial charge in [-0.05, 0) is 37.9 Å². The van der Waals surface area contributed by atoms with Gasteiger partial charge in [0.25, 0.3) is 0 Å². The molecule has 0 spiro atoms. The molecule has 2 rings (SSSR count). The smallest absolute Gasteiger partial charge is 0.304 e. The standard InChI is InChI=1S/C15H20FNO3/c1-11-4-5-12(16)9-14(11)20-13-3-2-7-17(10-13)8-6-15(18)19/h4-5,9,13H,2-3,6-8,10H2,1H3,(H,18,19). The molecule has 5 heteroatoms. The molecule has 0 bridgehead atoms. The molecular weight excluding hydrogens is 261 g/mol. The molecule has 0 aromatic heterocycles. The number of carboxylic acid groups (broad SMARTS) is 1. The first-order valence-corrected chi connectivity index (χ1v) is 6.91. The van der Waals surface area contributed by atoms with Gasteiger partial charge in [-0.25, -0.2) is 4.39 Å². The van der Waals surface area contributed by atoms with E-state index in [4.69, 9.17) is 9.84 Å². The van der Waals surface area contributed by atoms with Crippen molar-refractivity contribution in [2.75, 3.05) is 19.6 Å². The molecule has 4 nitrogen and oxygen atoms in total. The van der Waals surface area contributed by atoms with Gasteiger partial charge in [0, 0.05) is 19.2 Å². The van der Waals surface area contributed by atoms with Crippen LogP contribution in [-0.2, 0) is 4.79 Å². The Balaban J connectivity index is 1.92. The van der Waals surface area contributed by atoms with E-state index in [0.29, 0.717) is 18.8 Å². The summed E-state index contributed by atoms with van der Waals surface area (Å²) in [5.41, 5.74) is 0.911. The number of piperidine rings is 1. The van der Waals surface area contributed by atoms with Gasteiger partial charge in [0.05, 0.1) is 6.42 Å². The maximum atomic E-state index is 13.2. The van der Waals surface area contributed by atoms with E-state index in [0.717, 1.165) is 24.9 Å². The third kappa shape index (κ3) is 4.20. The van der Waals surface area contributed by atoms with Crippen LogP contribution in [0.5, 0.6) is 5.75 Å². The normalized spacial score (nSPS) is 19.8. The summed E-state index contributed by atoms with van der Waals surface area (Å²) < 4.78 is 19.1. The molecule has 20 heavy (non-hydrogen) atoms. The summed E-state index contributed by atoms with van der Waals surface area (Å²) in [6.07, 6.45) is 2.03. The molecule has 1 saturated heterocycles. The van der Waals surface area contributed by atoms with Gasteiger partial charge in [-0.15, -0.1) is 0 Å². The summed E-state index contributed by atoms with van der Waals surface area (Å²) in [6, 6.07) is 4.53. The second-order valence-electron chi connectivity index (χ2n) is 5.24. The zero-order valence-corrected chi connectivity index (χ0v) is 11.6. The van der Waals surface area contributed by atoms with Crippen molar-refractivity contribution in [1.82, 2.24) is 4.90 Å². The summed E-state index contributed by atoms with van der Waals surface area (Å²) in [5, 5.41) is 8.71. The molecule has 1 atom stereocenters. The summed E-state index contributed by atoms with van der Waals surface area (Å²) in [6.45, 7) is 4.02. The predicted molar refractivity (Wildman–Crippen MR) is 73.5 cm³/mol. The number of hydrogen-bond donors (Lipinski definition) is 1. The molecule has 1 N–H and O–H groups in total. The molecule has 0 aliphatic carbocycles. The Morgan fingerprint density at radius 1 is 1.55 bits per heavy atom. The number of benzene rings is 1. The first-order chi connectivity index (χ1) is 9.54. The minimum absolute atomic E-state index is 0.00181. The van der Waals surface area contributed by atoms with E-state index >= 15 is 0 Å². The third-order valence-corrected chi connectivity index (χ3v) is 3.55. The molecule has 1 aliphatic heterocycles. The zero-order valence-electron chi connectivity index (χ0n) is 11.6. The second-order valence-corrected chi connectivity index (χ2v) is 5.24. The van der Waals surface area contributed by atoms with E-state index < -0.39 is 5.97 Å². The highest BCUT2D eigenvalue weighted by molar-refractivity contribution is 5.66. The third-order valence-electron chi connectivity index (χ3n) is 3.55. The van der Waals surface area contributed by atoms with Crippen molar-refractivity contribution in [3.05, 3.63) is 29.6 Å². The summed E-state index contributed by atoms with van der Waals surface area (Å²) in [4.78, 5) is 12.7. The van der Waals surface area contributed by atoms with E-state index in [2.05, 4.69) is 4.90 Å². The Kier molecular flexibility index (Phi) is 4.95. The van der Waals surface area contributed by atoms with Crippen LogP contribution in [-0.4, -0.2) is 41.7 Å². The van der Waals surface area contributed by atoms with E-state index in [1.165, 1.54) is 12.1 Å². The fourth-order valence-corrected chi connectivity index (χ4v) is 2.45. The van der Waals surface area contributed by atoms with Gasteiger partial charge >= 0.3 is 5.97 Å². The lowest BCUT2D eigenvalue weighted by atomic mass is 10.1. The number of ether oxygens (including phenoxy) is 1. The first kappa shape index (κ1) is 14.8. The highest BCUT2D eigenvalue weighted by Crippen LogP contribution is 2.23. The number of likely N-dealkylation sites (tertiary alicyclic amines) is 1. The number of aliphatic carboxylic acids is 1. The SMILES string of the molecule is Cc1ccc(F)cc1OC1CCCN(CCC(=O)O)C1. The van der Waals surface area contributed by atoms with E-state index in [1.54, 1.807) is 6.07 Å². The fourth-order valence-electron chi connectivity index (χ4n) is 2.45. The summed E-state index contributed by atoms with van der Waals surface area (Å²) in [7, 11) is 0. The van der Waals surface area contributed by atoms with Crippen LogP contribution >= 0.6 is 0 Å². The molecule has 1 fully saturated rings. The molecule has 1 unspecified atom stereocenters. The Hall–Kier alpha value is -1.62. The molecule has 0 saturated carbocycles. The largest absolute Gasteiger partial charge is 0.489 e. The van der Waals surface area contributed by atoms with Gasteiger partial charge in [-0.3, -0.25) is 9.69 Å². The van der Waals surface area contributed by atoms with E-state index in [9.17, 15) is 9.18 Å². The van der Waals surface area contributed by atoms with Crippen LogP contribution in [0.25, 0.3) is 0 Å². The fraction of sp³-hybridized carbons (Fsp3) is 0.533. The highest BCUT2D eigenvalue weighted by Gasteiger charge is 2.22. The monoisotopic (exact) mass is 281 g/mol. The molecular formula is C15H20FNO3. The summed E-state index contributed by atoms with van der Waals surface area (Å²) in [5.74, 6) is -0.506. The van der Waals surface area contributed by atoms with Crippen molar-refractivity contribution >= 4 is 5.97 Å². The van der Waals surface area contributed by atoms with Crippen molar-refractivity contribution in [3.63, 3.8) is 0 Å². The minimum atomic E-state index is -0.783. The van der Waals surface area contributed by atoms with Gasteiger partial charge < -0.3 is 9.84 Å². The number of carboxylic acids is 1. The quantitative estimate of drug-likeness (QED) is 0.900. The molecule has 1 heterocycles. The lowest BCUT2D eigenvalue weighted by Gasteiger charge is -2.32. The van der Waals surface area contributed by atoms with Crippen LogP contribution in [0.3, 0.4) is 0 Å². The van der Waals surface area contributed by atoms with Crippen molar-refractivity contribution in [2.24, 2.45) is 0 Å². The van der Waals surface area contributed by atoms with Crippen molar-refractivity contribution in [3.8, 4) is 5.75 Å². The maximum Gasteiger partial charge on any atom is 0.304 e. The number of aryl methyl sites for hydroxylation is 1. The number of hydrogen-bond acceptors (Lipinski definition) is 3. The van der Waals surface area contributed by atoms with Gasteiger partial charge in [0.2, 0.25) is 0 Å². The van der Waals surface area contributed by atoms with Crippen LogP contribution in [0.4, 0.5) is 4.39 Å². The number of nitrogens with zero attached hydrogens (tertiary/aromatic N) is 1. The van der Waals surface area contributed by atoms with Crippen LogP contribution in [0, 0.1) is 12.7 Å². The van der Waals surface area contributed by atoms with E-state index in [-0.39, 0.29) is 18.3 Å². The van der Waals surface area contributed by atoms with Crippen LogP contribution in [0.2, 0.25) is 0 Å². The van der Waals surface area contributed by atoms with E-state index in [1.807, 2.05) is 6.92 Å². The summed E-state index contributed by atoms with van der Waals surface area (Å²) >= 11 is 0. The lowest BCUT2D eigenvalue weighted by Crippen LogP contribution is -2.42. The average molecular weight is 281 g/mol. The van der Waals surface area contributed by atoms with Gasteiger partial charge in [0.1, 0.15) is 17.7 Å². The first-order valence-electron chi connectivity index (χ1n) is 6.91. The van der Waals surface area contributed by atoms with Crippen molar-refractivity contribution in [1.29, 1.82) is 0 Å². The minimum Gasteiger partial charge on any atom is -0.489 e. The predicted octanol–water partition coefficient (Wildman–Crippen LogP) is 2.45. The maximum absolute atomic E-state index is 13.2. The molecule has 0 amide bonds. The number of halogens is 1.